The number of nitrogens with one attached hydrogen (secondary N) is 1. The van der Waals surface area contributed by atoms with Gasteiger partial charge in [0.15, 0.2) is 0 Å². The van der Waals surface area contributed by atoms with Crippen molar-refractivity contribution in [3.05, 3.63) is 35.9 Å². The van der Waals surface area contributed by atoms with Crippen LogP contribution in [0.2, 0.25) is 0 Å². The fourth-order valence-corrected chi connectivity index (χ4v) is 4.29. The van der Waals surface area contributed by atoms with Gasteiger partial charge in [-0.15, -0.1) is 0 Å². The summed E-state index contributed by atoms with van der Waals surface area (Å²) in [5.74, 6) is 2.59. The van der Waals surface area contributed by atoms with Crippen LogP contribution in [-0.2, 0) is 11.2 Å². The minimum Gasteiger partial charge on any atom is -0.339 e. The van der Waals surface area contributed by atoms with Gasteiger partial charge in [0, 0.05) is 43.1 Å². The standard InChI is InChI=1S/C17H24N2OS/c20-17(12-15-13-21-10-8-18-15)19-9-4-7-16(19)11-14-5-2-1-3-6-14/h1-3,5-6,15-16,18H,4,7-13H2. The Hall–Kier alpha value is -1.00. The molecular formula is C17H24N2OS. The summed E-state index contributed by atoms with van der Waals surface area (Å²) in [5.41, 5.74) is 1.34. The summed E-state index contributed by atoms with van der Waals surface area (Å²) in [5, 5.41) is 3.47. The lowest BCUT2D eigenvalue weighted by atomic mass is 10.0. The van der Waals surface area contributed by atoms with Gasteiger partial charge >= 0.3 is 0 Å². The largest absolute Gasteiger partial charge is 0.339 e. The van der Waals surface area contributed by atoms with Gasteiger partial charge in [0.2, 0.25) is 5.91 Å². The van der Waals surface area contributed by atoms with Crippen LogP contribution in [-0.4, -0.2) is 47.5 Å². The first-order valence-corrected chi connectivity index (χ1v) is 9.13. The number of benzene rings is 1. The van der Waals surface area contributed by atoms with Gasteiger partial charge in [0.1, 0.15) is 0 Å². The van der Waals surface area contributed by atoms with Crippen molar-refractivity contribution in [1.29, 1.82) is 0 Å². The molecule has 2 atom stereocenters. The molecule has 3 rings (SSSR count). The average Bonchev–Trinajstić information content (AvgIpc) is 2.97. The molecule has 1 amide bonds. The second-order valence-electron chi connectivity index (χ2n) is 6.00. The third-order valence-electron chi connectivity index (χ3n) is 4.43. The molecule has 1 aromatic carbocycles. The van der Waals surface area contributed by atoms with E-state index < -0.39 is 0 Å². The number of likely N-dealkylation sites (tertiary alicyclic amines) is 1. The highest BCUT2D eigenvalue weighted by Crippen LogP contribution is 2.23. The Morgan fingerprint density at radius 2 is 2.19 bits per heavy atom. The second kappa shape index (κ2) is 7.32. The number of rotatable bonds is 4. The Balaban J connectivity index is 1.56. The van der Waals surface area contributed by atoms with Crippen molar-refractivity contribution < 1.29 is 4.79 Å². The van der Waals surface area contributed by atoms with Gasteiger partial charge in [-0.2, -0.15) is 11.8 Å². The smallest absolute Gasteiger partial charge is 0.224 e. The molecule has 2 aliphatic heterocycles. The topological polar surface area (TPSA) is 32.3 Å². The highest BCUT2D eigenvalue weighted by Gasteiger charge is 2.30. The lowest BCUT2D eigenvalue weighted by Gasteiger charge is -2.28. The Bertz CT molecular complexity index is 459. The molecule has 0 saturated carbocycles. The molecule has 0 bridgehead atoms. The first-order chi connectivity index (χ1) is 10.3. The van der Waals surface area contributed by atoms with Crippen LogP contribution in [0, 0.1) is 0 Å². The molecule has 114 valence electrons. The van der Waals surface area contributed by atoms with Gasteiger partial charge in [-0.05, 0) is 24.8 Å². The summed E-state index contributed by atoms with van der Waals surface area (Å²) >= 11 is 1.96. The van der Waals surface area contributed by atoms with Crippen LogP contribution in [0.4, 0.5) is 0 Å². The van der Waals surface area contributed by atoms with Gasteiger partial charge in [-0.1, -0.05) is 30.3 Å². The summed E-state index contributed by atoms with van der Waals surface area (Å²) in [6.45, 7) is 1.98. The zero-order valence-corrected chi connectivity index (χ0v) is 13.3. The van der Waals surface area contributed by atoms with Crippen molar-refractivity contribution in [2.45, 2.75) is 37.8 Å². The summed E-state index contributed by atoms with van der Waals surface area (Å²) in [6.07, 6.45) is 3.96. The molecule has 1 N–H and O–H groups in total. The van der Waals surface area contributed by atoms with Gasteiger partial charge in [0.25, 0.3) is 0 Å². The van der Waals surface area contributed by atoms with Gasteiger partial charge in [0.05, 0.1) is 0 Å². The molecule has 2 heterocycles. The molecule has 2 saturated heterocycles. The molecule has 0 radical (unpaired) electrons. The Kier molecular flexibility index (Phi) is 5.20. The molecule has 1 aromatic rings. The van der Waals surface area contributed by atoms with Crippen molar-refractivity contribution >= 4 is 17.7 Å². The molecule has 0 spiro atoms. The van der Waals surface area contributed by atoms with Crippen molar-refractivity contribution in [1.82, 2.24) is 10.2 Å². The molecule has 0 aromatic heterocycles. The summed E-state index contributed by atoms with van der Waals surface area (Å²) in [4.78, 5) is 14.7. The Morgan fingerprint density at radius 3 is 2.95 bits per heavy atom. The lowest BCUT2D eigenvalue weighted by molar-refractivity contribution is -0.132. The van der Waals surface area contributed by atoms with Crippen molar-refractivity contribution in [3.63, 3.8) is 0 Å². The Labute approximate surface area is 131 Å². The second-order valence-corrected chi connectivity index (χ2v) is 7.15. The number of thioether (sulfide) groups is 1. The van der Waals surface area contributed by atoms with Crippen LogP contribution >= 0.6 is 11.8 Å². The predicted molar refractivity (Wildman–Crippen MR) is 88.6 cm³/mol. The zero-order chi connectivity index (χ0) is 14.5. The minimum atomic E-state index is 0.341. The maximum absolute atomic E-state index is 12.6. The first kappa shape index (κ1) is 14.9. The highest BCUT2D eigenvalue weighted by molar-refractivity contribution is 7.99. The number of amides is 1. The van der Waals surface area contributed by atoms with E-state index >= 15 is 0 Å². The molecule has 3 nitrogen and oxygen atoms in total. The lowest BCUT2D eigenvalue weighted by Crippen LogP contribution is -2.44. The van der Waals surface area contributed by atoms with Gasteiger partial charge < -0.3 is 10.2 Å². The van der Waals surface area contributed by atoms with Crippen molar-refractivity contribution in [2.75, 3.05) is 24.6 Å². The molecule has 4 heteroatoms. The summed E-state index contributed by atoms with van der Waals surface area (Å²) in [7, 11) is 0. The molecule has 21 heavy (non-hydrogen) atoms. The van der Waals surface area contributed by atoms with E-state index in [0.29, 0.717) is 24.4 Å². The van der Waals surface area contributed by atoms with Crippen LogP contribution < -0.4 is 5.32 Å². The zero-order valence-electron chi connectivity index (χ0n) is 12.5. The fraction of sp³-hybridized carbons (Fsp3) is 0.588. The molecule has 2 aliphatic rings. The normalized spacial score (nSPS) is 26.0. The quantitative estimate of drug-likeness (QED) is 0.926. The minimum absolute atomic E-state index is 0.341. The van der Waals surface area contributed by atoms with E-state index in [0.717, 1.165) is 38.1 Å². The van der Waals surface area contributed by atoms with E-state index in [1.807, 2.05) is 17.8 Å². The van der Waals surface area contributed by atoms with Crippen LogP contribution in [0.5, 0.6) is 0 Å². The highest BCUT2D eigenvalue weighted by atomic mass is 32.2. The van der Waals surface area contributed by atoms with Gasteiger partial charge in [-0.25, -0.2) is 0 Å². The van der Waals surface area contributed by atoms with E-state index in [1.165, 1.54) is 11.3 Å². The Morgan fingerprint density at radius 1 is 1.33 bits per heavy atom. The van der Waals surface area contributed by atoms with Crippen molar-refractivity contribution in [3.8, 4) is 0 Å². The maximum atomic E-state index is 12.6. The molecule has 2 unspecified atom stereocenters. The van der Waals surface area contributed by atoms with E-state index in [-0.39, 0.29) is 0 Å². The number of carbonyl (C=O) groups is 1. The molecular weight excluding hydrogens is 280 g/mol. The maximum Gasteiger partial charge on any atom is 0.224 e. The van der Waals surface area contributed by atoms with Gasteiger partial charge in [-0.3, -0.25) is 4.79 Å². The average molecular weight is 304 g/mol. The first-order valence-electron chi connectivity index (χ1n) is 7.97. The van der Waals surface area contributed by atoms with Crippen LogP contribution in [0.3, 0.4) is 0 Å². The SMILES string of the molecule is O=C(CC1CSCCN1)N1CCCC1Cc1ccccc1. The number of hydrogen-bond donors (Lipinski definition) is 1. The third kappa shape index (κ3) is 4.01. The monoisotopic (exact) mass is 304 g/mol. The van der Waals surface area contributed by atoms with E-state index in [2.05, 4.69) is 34.5 Å². The van der Waals surface area contributed by atoms with E-state index in [4.69, 9.17) is 0 Å². The number of nitrogens with zero attached hydrogens (tertiary/aromatic N) is 1. The fourth-order valence-electron chi connectivity index (χ4n) is 3.34. The van der Waals surface area contributed by atoms with Crippen LogP contribution in [0.25, 0.3) is 0 Å². The third-order valence-corrected chi connectivity index (χ3v) is 5.56. The van der Waals surface area contributed by atoms with Crippen LogP contribution in [0.15, 0.2) is 30.3 Å². The van der Waals surface area contributed by atoms with Crippen molar-refractivity contribution in [2.24, 2.45) is 0 Å². The molecule has 2 fully saturated rings. The predicted octanol–water partition coefficient (Wildman–Crippen LogP) is 2.32. The molecule has 0 aliphatic carbocycles. The van der Waals surface area contributed by atoms with Crippen LogP contribution in [0.1, 0.15) is 24.8 Å². The summed E-state index contributed by atoms with van der Waals surface area (Å²) in [6, 6.07) is 11.3. The van der Waals surface area contributed by atoms with E-state index in [9.17, 15) is 4.79 Å². The number of carbonyl (C=O) groups excluding carboxylic acids is 1. The number of hydrogen-bond acceptors (Lipinski definition) is 3. The van der Waals surface area contributed by atoms with E-state index in [1.54, 1.807) is 0 Å². The summed E-state index contributed by atoms with van der Waals surface area (Å²) < 4.78 is 0.